The minimum atomic E-state index is -0.668. The number of halogens is 3. The quantitative estimate of drug-likeness (QED) is 0.663. The molecule has 0 bridgehead atoms. The molecular formula is C6H3Cl3O2. The average Bonchev–Trinajstić information content (AvgIpc) is 1.97. The monoisotopic (exact) mass is 212 g/mol. The van der Waals surface area contributed by atoms with Crippen LogP contribution in [0.5, 0.6) is 0 Å². The Morgan fingerprint density at radius 3 is 2.18 bits per heavy atom. The summed E-state index contributed by atoms with van der Waals surface area (Å²) in [5.41, 5.74) is -0.668. The van der Waals surface area contributed by atoms with E-state index in [0.29, 0.717) is 0 Å². The maximum atomic E-state index is 10.8. The topological polar surface area (TPSA) is 30.2 Å². The van der Waals surface area contributed by atoms with Crippen LogP contribution >= 0.6 is 34.8 Å². The Morgan fingerprint density at radius 2 is 1.64 bits per heavy atom. The standard InChI is InChI=1S/C6H3Cl3O2/c1-2-3(7)4(8)5(9)6(10)11-2/h1H3. The van der Waals surface area contributed by atoms with Gasteiger partial charge in [0.25, 0.3) is 0 Å². The fourth-order valence-electron chi connectivity index (χ4n) is 0.569. The Bertz CT molecular complexity index is 342. The fourth-order valence-corrected chi connectivity index (χ4v) is 1.09. The lowest BCUT2D eigenvalue weighted by Crippen LogP contribution is -2.01. The van der Waals surface area contributed by atoms with Crippen molar-refractivity contribution >= 4 is 34.8 Å². The molecule has 11 heavy (non-hydrogen) atoms. The first-order valence-electron chi connectivity index (χ1n) is 2.68. The van der Waals surface area contributed by atoms with Crippen LogP contribution in [0.1, 0.15) is 5.76 Å². The van der Waals surface area contributed by atoms with Crippen LogP contribution in [0.3, 0.4) is 0 Å². The second-order valence-corrected chi connectivity index (χ2v) is 3.02. The molecule has 60 valence electrons. The van der Waals surface area contributed by atoms with Crippen LogP contribution in [0.4, 0.5) is 0 Å². The largest absolute Gasteiger partial charge is 0.425 e. The molecular weight excluding hydrogens is 210 g/mol. The van der Waals surface area contributed by atoms with E-state index < -0.39 is 5.63 Å². The number of aryl methyl sites for hydroxylation is 1. The zero-order valence-corrected chi connectivity index (χ0v) is 7.72. The minimum Gasteiger partial charge on any atom is -0.425 e. The molecule has 2 nitrogen and oxygen atoms in total. The van der Waals surface area contributed by atoms with Crippen LogP contribution in [0.15, 0.2) is 9.21 Å². The van der Waals surface area contributed by atoms with Gasteiger partial charge in [0.1, 0.15) is 10.8 Å². The summed E-state index contributed by atoms with van der Waals surface area (Å²) in [5.74, 6) is 0.270. The van der Waals surface area contributed by atoms with Crippen molar-refractivity contribution in [1.82, 2.24) is 0 Å². The van der Waals surface area contributed by atoms with E-state index in [-0.39, 0.29) is 20.8 Å². The van der Waals surface area contributed by atoms with Crippen LogP contribution in [0, 0.1) is 6.92 Å². The molecule has 0 fully saturated rings. The fraction of sp³-hybridized carbons (Fsp3) is 0.167. The van der Waals surface area contributed by atoms with Gasteiger partial charge in [0, 0.05) is 0 Å². The third-order valence-electron chi connectivity index (χ3n) is 1.12. The number of hydrogen-bond donors (Lipinski definition) is 0. The van der Waals surface area contributed by atoms with E-state index in [9.17, 15) is 4.79 Å². The van der Waals surface area contributed by atoms with Gasteiger partial charge in [0.2, 0.25) is 0 Å². The average molecular weight is 213 g/mol. The van der Waals surface area contributed by atoms with Crippen molar-refractivity contribution in [2.45, 2.75) is 6.92 Å². The highest BCUT2D eigenvalue weighted by Gasteiger charge is 2.11. The van der Waals surface area contributed by atoms with E-state index in [2.05, 4.69) is 4.42 Å². The SMILES string of the molecule is Cc1oc(=O)c(Cl)c(Cl)c1Cl. The molecule has 0 unspecified atom stereocenters. The van der Waals surface area contributed by atoms with E-state index >= 15 is 0 Å². The highest BCUT2D eigenvalue weighted by Crippen LogP contribution is 2.29. The molecule has 0 aliphatic heterocycles. The molecule has 1 heterocycles. The molecule has 0 N–H and O–H groups in total. The second kappa shape index (κ2) is 3.05. The normalized spacial score (nSPS) is 10.2. The molecule has 5 heteroatoms. The molecule has 0 amide bonds. The highest BCUT2D eigenvalue weighted by atomic mass is 35.5. The van der Waals surface area contributed by atoms with E-state index in [1.54, 1.807) is 0 Å². The predicted molar refractivity (Wildman–Crippen MR) is 44.7 cm³/mol. The molecule has 0 aliphatic rings. The van der Waals surface area contributed by atoms with Crippen molar-refractivity contribution in [1.29, 1.82) is 0 Å². The summed E-state index contributed by atoms with van der Waals surface area (Å²) in [6.45, 7) is 1.53. The Hall–Kier alpha value is -0.180. The summed E-state index contributed by atoms with van der Waals surface area (Å²) in [7, 11) is 0. The molecule has 0 spiro atoms. The number of hydrogen-bond acceptors (Lipinski definition) is 2. The van der Waals surface area contributed by atoms with Gasteiger partial charge in [-0.3, -0.25) is 0 Å². The van der Waals surface area contributed by atoms with Gasteiger partial charge >= 0.3 is 5.63 Å². The molecule has 1 rings (SSSR count). The molecule has 1 aromatic rings. The van der Waals surface area contributed by atoms with Gasteiger partial charge in [0.05, 0.1) is 10.0 Å². The van der Waals surface area contributed by atoms with Gasteiger partial charge < -0.3 is 4.42 Å². The Labute approximate surface area is 77.7 Å². The summed E-state index contributed by atoms with van der Waals surface area (Å²) in [6.07, 6.45) is 0. The first-order chi connectivity index (χ1) is 5.04. The van der Waals surface area contributed by atoms with Gasteiger partial charge in [-0.1, -0.05) is 34.8 Å². The predicted octanol–water partition coefficient (Wildman–Crippen LogP) is 2.91. The maximum absolute atomic E-state index is 10.8. The van der Waals surface area contributed by atoms with E-state index in [4.69, 9.17) is 34.8 Å². The zero-order valence-electron chi connectivity index (χ0n) is 5.45. The van der Waals surface area contributed by atoms with Crippen LogP contribution in [0.2, 0.25) is 15.1 Å². The van der Waals surface area contributed by atoms with E-state index in [0.717, 1.165) is 0 Å². The first kappa shape index (κ1) is 8.91. The van der Waals surface area contributed by atoms with Crippen LogP contribution in [-0.2, 0) is 0 Å². The van der Waals surface area contributed by atoms with Gasteiger partial charge in [-0.05, 0) is 6.92 Å². The molecule has 0 aromatic carbocycles. The molecule has 0 radical (unpaired) electrons. The van der Waals surface area contributed by atoms with Crippen molar-refractivity contribution in [2.24, 2.45) is 0 Å². The summed E-state index contributed by atoms with van der Waals surface area (Å²) in [5, 5.41) is 0.0422. The van der Waals surface area contributed by atoms with Crippen LogP contribution in [-0.4, -0.2) is 0 Å². The van der Waals surface area contributed by atoms with Gasteiger partial charge in [-0.15, -0.1) is 0 Å². The lowest BCUT2D eigenvalue weighted by molar-refractivity contribution is 0.481. The smallest absolute Gasteiger partial charge is 0.356 e. The third kappa shape index (κ3) is 1.53. The highest BCUT2D eigenvalue weighted by molar-refractivity contribution is 6.47. The molecule has 0 saturated heterocycles. The van der Waals surface area contributed by atoms with Gasteiger partial charge in [0.15, 0.2) is 0 Å². The lowest BCUT2D eigenvalue weighted by atomic mass is 10.4. The Kier molecular flexibility index (Phi) is 2.47. The summed E-state index contributed by atoms with van der Waals surface area (Å²) < 4.78 is 4.62. The second-order valence-electron chi connectivity index (χ2n) is 1.89. The van der Waals surface area contributed by atoms with Crippen molar-refractivity contribution in [2.75, 3.05) is 0 Å². The number of rotatable bonds is 0. The van der Waals surface area contributed by atoms with E-state index in [1.807, 2.05) is 0 Å². The zero-order chi connectivity index (χ0) is 8.59. The van der Waals surface area contributed by atoms with E-state index in [1.165, 1.54) is 6.92 Å². The van der Waals surface area contributed by atoms with Crippen molar-refractivity contribution < 1.29 is 4.42 Å². The third-order valence-corrected chi connectivity index (χ3v) is 2.49. The lowest BCUT2D eigenvalue weighted by Gasteiger charge is -1.98. The van der Waals surface area contributed by atoms with Crippen molar-refractivity contribution in [3.63, 3.8) is 0 Å². The van der Waals surface area contributed by atoms with Crippen LogP contribution < -0.4 is 5.63 Å². The van der Waals surface area contributed by atoms with Gasteiger partial charge in [-0.25, -0.2) is 4.79 Å². The molecule has 0 atom stereocenters. The van der Waals surface area contributed by atoms with Gasteiger partial charge in [-0.2, -0.15) is 0 Å². The summed E-state index contributed by atoms with van der Waals surface area (Å²) >= 11 is 16.6. The molecule has 0 aliphatic carbocycles. The maximum Gasteiger partial charge on any atom is 0.356 e. The Morgan fingerprint density at radius 1 is 1.09 bits per heavy atom. The van der Waals surface area contributed by atoms with Crippen molar-refractivity contribution in [3.05, 3.63) is 31.2 Å². The van der Waals surface area contributed by atoms with Crippen LogP contribution in [0.25, 0.3) is 0 Å². The summed E-state index contributed by atoms with van der Waals surface area (Å²) in [4.78, 5) is 10.8. The van der Waals surface area contributed by atoms with Crippen molar-refractivity contribution in [3.8, 4) is 0 Å². The molecule has 0 saturated carbocycles. The molecule has 1 aromatic heterocycles. The summed E-state index contributed by atoms with van der Waals surface area (Å²) in [6, 6.07) is 0. The minimum absolute atomic E-state index is 0.0436. The first-order valence-corrected chi connectivity index (χ1v) is 3.81. The Balaban J connectivity index is 3.59.